The van der Waals surface area contributed by atoms with Crippen LogP contribution in [-0.2, 0) is 11.3 Å². The smallest absolute Gasteiger partial charge is 0.377 e. The van der Waals surface area contributed by atoms with Gasteiger partial charge < -0.3 is 9.64 Å². The molecule has 130 valence electrons. The summed E-state index contributed by atoms with van der Waals surface area (Å²) in [6.45, 7) is 3.09. The summed E-state index contributed by atoms with van der Waals surface area (Å²) < 4.78 is 59.4. The second kappa shape index (κ2) is 6.64. The largest absolute Gasteiger partial charge is 0.408 e. The molecule has 1 aliphatic rings. The summed E-state index contributed by atoms with van der Waals surface area (Å²) in [4.78, 5) is 16.4. The zero-order valence-electron chi connectivity index (χ0n) is 12.5. The minimum atomic E-state index is -4.51. The molecule has 0 N–H and O–H groups in total. The topological polar surface area (TPSA) is 47.4 Å². The Morgan fingerprint density at radius 3 is 2.65 bits per heavy atom. The van der Waals surface area contributed by atoms with Gasteiger partial charge in [0.15, 0.2) is 5.15 Å². The third-order valence-electron chi connectivity index (χ3n) is 3.47. The number of halogens is 5. The molecule has 0 fully saturated rings. The Bertz CT molecular complexity index is 633. The molecule has 0 saturated carbocycles. The van der Waals surface area contributed by atoms with Crippen LogP contribution in [0.1, 0.15) is 20.3 Å². The fourth-order valence-corrected chi connectivity index (χ4v) is 2.60. The Labute approximate surface area is 134 Å². The highest BCUT2D eigenvalue weighted by Crippen LogP contribution is 2.33. The molecule has 0 aromatic carbocycles. The van der Waals surface area contributed by atoms with E-state index in [2.05, 4.69) is 4.98 Å². The van der Waals surface area contributed by atoms with Crippen molar-refractivity contribution in [2.24, 2.45) is 0 Å². The number of fused-ring (bicyclic) bond motifs is 1. The molecule has 2 rings (SSSR count). The summed E-state index contributed by atoms with van der Waals surface area (Å²) in [6, 6.07) is -1.83. The summed E-state index contributed by atoms with van der Waals surface area (Å²) in [5, 5.41) is -0.737. The fraction of sp³-hybridized carbons (Fsp3) is 0.692. The molecule has 0 amide bonds. The van der Waals surface area contributed by atoms with Crippen molar-refractivity contribution in [3.63, 3.8) is 0 Å². The van der Waals surface area contributed by atoms with Crippen molar-refractivity contribution in [2.75, 3.05) is 18.1 Å². The molecule has 10 heteroatoms. The van der Waals surface area contributed by atoms with Crippen LogP contribution in [0.2, 0.25) is 5.15 Å². The van der Waals surface area contributed by atoms with Crippen LogP contribution >= 0.6 is 11.6 Å². The molecule has 0 bridgehead atoms. The van der Waals surface area contributed by atoms with Gasteiger partial charge in [-0.15, -0.1) is 0 Å². The van der Waals surface area contributed by atoms with Crippen molar-refractivity contribution in [2.45, 2.75) is 45.1 Å². The number of ether oxygens (including phenoxy) is 1. The Morgan fingerprint density at radius 1 is 1.43 bits per heavy atom. The Balaban J connectivity index is 2.41. The van der Waals surface area contributed by atoms with E-state index < -0.39 is 28.7 Å². The minimum Gasteiger partial charge on any atom is -0.377 e. The van der Waals surface area contributed by atoms with Crippen molar-refractivity contribution < 1.29 is 22.3 Å². The lowest BCUT2D eigenvalue weighted by Gasteiger charge is -2.38. The molecule has 0 aliphatic carbocycles. The number of alkyl halides is 3. The molecule has 1 unspecified atom stereocenters. The van der Waals surface area contributed by atoms with Crippen LogP contribution in [0.4, 0.5) is 23.5 Å². The summed E-state index contributed by atoms with van der Waals surface area (Å²) in [5.41, 5.74) is -1.07. The van der Waals surface area contributed by atoms with E-state index in [0.717, 1.165) is 9.47 Å². The predicted molar refractivity (Wildman–Crippen MR) is 76.4 cm³/mol. The second-order valence-corrected chi connectivity index (χ2v) is 5.79. The van der Waals surface area contributed by atoms with Gasteiger partial charge in [0.1, 0.15) is 6.04 Å². The zero-order chi connectivity index (χ0) is 17.4. The molecular formula is C13H16ClF4N3O2. The summed E-state index contributed by atoms with van der Waals surface area (Å²) in [7, 11) is 0. The highest BCUT2D eigenvalue weighted by Gasteiger charge is 2.47. The lowest BCUT2D eigenvalue weighted by Crippen LogP contribution is -2.53. The quantitative estimate of drug-likeness (QED) is 0.614. The van der Waals surface area contributed by atoms with E-state index in [1.807, 2.05) is 0 Å². The van der Waals surface area contributed by atoms with Crippen molar-refractivity contribution in [1.29, 1.82) is 0 Å². The number of hydrogen-bond acceptors (Lipinski definition) is 4. The van der Waals surface area contributed by atoms with Crippen LogP contribution in [0.5, 0.6) is 0 Å². The van der Waals surface area contributed by atoms with Crippen LogP contribution in [0.3, 0.4) is 0 Å². The molecular weight excluding hydrogens is 342 g/mol. The van der Waals surface area contributed by atoms with Gasteiger partial charge in [0.25, 0.3) is 5.56 Å². The van der Waals surface area contributed by atoms with E-state index in [1.165, 1.54) is 0 Å². The maximum absolute atomic E-state index is 13.5. The Kier molecular flexibility index (Phi) is 5.20. The number of aromatic nitrogens is 2. The SMILES string of the molecule is CC(C)OCCN1c2nc(Cl)c(F)c(=O)n2CCC1C(F)(F)F. The van der Waals surface area contributed by atoms with Crippen LogP contribution in [0, 0.1) is 5.82 Å². The van der Waals surface area contributed by atoms with E-state index in [1.54, 1.807) is 13.8 Å². The lowest BCUT2D eigenvalue weighted by atomic mass is 10.1. The summed E-state index contributed by atoms with van der Waals surface area (Å²) in [5.74, 6) is -1.55. The van der Waals surface area contributed by atoms with Gasteiger partial charge in [-0.25, -0.2) is 0 Å². The monoisotopic (exact) mass is 357 g/mol. The van der Waals surface area contributed by atoms with Crippen molar-refractivity contribution >= 4 is 17.5 Å². The van der Waals surface area contributed by atoms with Gasteiger partial charge >= 0.3 is 6.18 Å². The third-order valence-corrected chi connectivity index (χ3v) is 3.72. The lowest BCUT2D eigenvalue weighted by molar-refractivity contribution is -0.153. The number of anilines is 1. The van der Waals surface area contributed by atoms with Gasteiger partial charge in [0.05, 0.1) is 12.7 Å². The first-order chi connectivity index (χ1) is 10.6. The van der Waals surface area contributed by atoms with Crippen LogP contribution in [0.25, 0.3) is 0 Å². The molecule has 1 aromatic heterocycles. The highest BCUT2D eigenvalue weighted by molar-refractivity contribution is 6.29. The average Bonchev–Trinajstić information content (AvgIpc) is 2.43. The molecule has 2 heterocycles. The van der Waals surface area contributed by atoms with Gasteiger partial charge in [0.2, 0.25) is 11.8 Å². The first kappa shape index (κ1) is 18.0. The first-order valence-corrected chi connectivity index (χ1v) is 7.41. The Hall–Kier alpha value is -1.35. The molecule has 0 spiro atoms. The maximum Gasteiger partial charge on any atom is 0.408 e. The maximum atomic E-state index is 13.5. The number of hydrogen-bond donors (Lipinski definition) is 0. The number of nitrogens with zero attached hydrogens (tertiary/aromatic N) is 3. The summed E-state index contributed by atoms with van der Waals surface area (Å²) >= 11 is 5.52. The van der Waals surface area contributed by atoms with Crippen LogP contribution < -0.4 is 10.5 Å². The standard InChI is InChI=1S/C13H16ClF4N3O2/c1-7(2)23-6-5-20-8(13(16,17)18)3-4-21-11(22)9(15)10(14)19-12(20)21/h7-8H,3-6H2,1-2H3. The fourth-order valence-electron chi connectivity index (χ4n) is 2.45. The molecule has 5 nitrogen and oxygen atoms in total. The highest BCUT2D eigenvalue weighted by atomic mass is 35.5. The van der Waals surface area contributed by atoms with E-state index >= 15 is 0 Å². The van der Waals surface area contributed by atoms with E-state index in [-0.39, 0.29) is 38.2 Å². The van der Waals surface area contributed by atoms with Crippen LogP contribution in [0.15, 0.2) is 4.79 Å². The van der Waals surface area contributed by atoms with Crippen molar-refractivity contribution in [3.8, 4) is 0 Å². The molecule has 23 heavy (non-hydrogen) atoms. The normalized spacial score (nSPS) is 18.4. The van der Waals surface area contributed by atoms with E-state index in [4.69, 9.17) is 16.3 Å². The number of rotatable bonds is 4. The average molecular weight is 358 g/mol. The molecule has 0 saturated heterocycles. The summed E-state index contributed by atoms with van der Waals surface area (Å²) in [6.07, 6.45) is -5.04. The third kappa shape index (κ3) is 3.77. The zero-order valence-corrected chi connectivity index (χ0v) is 13.3. The molecule has 1 aromatic rings. The van der Waals surface area contributed by atoms with E-state index in [0.29, 0.717) is 0 Å². The van der Waals surface area contributed by atoms with Gasteiger partial charge in [0, 0.05) is 13.1 Å². The molecule has 1 aliphatic heterocycles. The molecule has 1 atom stereocenters. The molecule has 0 radical (unpaired) electrons. The van der Waals surface area contributed by atoms with Crippen LogP contribution in [-0.4, -0.2) is 41.0 Å². The first-order valence-electron chi connectivity index (χ1n) is 7.03. The Morgan fingerprint density at radius 2 is 2.09 bits per heavy atom. The predicted octanol–water partition coefficient (Wildman–Crippen LogP) is 2.60. The van der Waals surface area contributed by atoms with Gasteiger partial charge in [-0.1, -0.05) is 11.6 Å². The van der Waals surface area contributed by atoms with Crippen molar-refractivity contribution in [3.05, 3.63) is 21.3 Å². The minimum absolute atomic E-state index is 0.00904. The second-order valence-electron chi connectivity index (χ2n) is 5.43. The van der Waals surface area contributed by atoms with E-state index in [9.17, 15) is 22.4 Å². The van der Waals surface area contributed by atoms with Gasteiger partial charge in [-0.3, -0.25) is 9.36 Å². The van der Waals surface area contributed by atoms with Gasteiger partial charge in [-0.05, 0) is 20.3 Å². The van der Waals surface area contributed by atoms with Gasteiger partial charge in [-0.2, -0.15) is 22.5 Å². The van der Waals surface area contributed by atoms with Crippen molar-refractivity contribution in [1.82, 2.24) is 9.55 Å².